The maximum Gasteiger partial charge on any atom is 0.253 e. The molecule has 0 aliphatic heterocycles. The highest BCUT2D eigenvalue weighted by Gasteiger charge is 2.12. The average molecular weight is 517 g/mol. The van der Waals surface area contributed by atoms with Gasteiger partial charge in [-0.15, -0.1) is 0 Å². The van der Waals surface area contributed by atoms with E-state index in [1.54, 1.807) is 12.1 Å². The fraction of sp³-hybridized carbons (Fsp3) is 0.0556. The van der Waals surface area contributed by atoms with Crippen LogP contribution in [0, 0.1) is 3.57 Å². The van der Waals surface area contributed by atoms with E-state index in [4.69, 9.17) is 16.0 Å². The lowest BCUT2D eigenvalue weighted by Gasteiger charge is -2.06. The van der Waals surface area contributed by atoms with E-state index in [0.717, 1.165) is 19.4 Å². The van der Waals surface area contributed by atoms with Crippen LogP contribution in [0.1, 0.15) is 16.1 Å². The van der Waals surface area contributed by atoms with Gasteiger partial charge in [-0.05, 0) is 65.1 Å². The lowest BCUT2D eigenvalue weighted by molar-refractivity contribution is 0.0948. The number of nitrogens with one attached hydrogen (secondary N) is 1. The first kappa shape index (κ1) is 17.5. The molecule has 0 spiro atoms. The van der Waals surface area contributed by atoms with Crippen molar-refractivity contribution in [1.82, 2.24) is 5.32 Å². The predicted octanol–water partition coefficient (Wildman–Crippen LogP) is 5.90. The molecule has 6 heteroatoms. The normalized spacial score (nSPS) is 10.6. The molecule has 1 aromatic heterocycles. The van der Waals surface area contributed by atoms with Gasteiger partial charge in [-0.25, -0.2) is 0 Å². The molecule has 3 aromatic rings. The minimum absolute atomic E-state index is 0.222. The standard InChI is InChI=1S/C18H12BrClINO2/c19-12-3-1-11(2-4-12)17-8-6-14(24-17)10-22-18(23)15-9-13(21)5-7-16(15)20/h1-9H,10H2,(H,22,23). The summed E-state index contributed by atoms with van der Waals surface area (Å²) in [6.45, 7) is 0.303. The van der Waals surface area contributed by atoms with Gasteiger partial charge in [-0.1, -0.05) is 39.7 Å². The second kappa shape index (κ2) is 7.72. The number of hydrogen-bond donors (Lipinski definition) is 1. The first-order valence-corrected chi connectivity index (χ1v) is 9.36. The molecule has 3 nitrogen and oxygen atoms in total. The summed E-state index contributed by atoms with van der Waals surface area (Å²) in [4.78, 5) is 12.3. The maximum atomic E-state index is 12.3. The molecule has 1 N–H and O–H groups in total. The minimum Gasteiger partial charge on any atom is -0.459 e. The predicted molar refractivity (Wildman–Crippen MR) is 107 cm³/mol. The Kier molecular flexibility index (Phi) is 5.63. The van der Waals surface area contributed by atoms with E-state index >= 15 is 0 Å². The van der Waals surface area contributed by atoms with E-state index in [2.05, 4.69) is 43.8 Å². The molecule has 0 fully saturated rings. The number of benzene rings is 2. The van der Waals surface area contributed by atoms with Gasteiger partial charge in [-0.3, -0.25) is 4.79 Å². The summed E-state index contributed by atoms with van der Waals surface area (Å²) in [5.41, 5.74) is 1.44. The molecule has 24 heavy (non-hydrogen) atoms. The van der Waals surface area contributed by atoms with Gasteiger partial charge in [0.15, 0.2) is 0 Å². The molecule has 2 aromatic carbocycles. The summed E-state index contributed by atoms with van der Waals surface area (Å²) in [7, 11) is 0. The Balaban J connectivity index is 1.68. The molecule has 0 saturated heterocycles. The highest BCUT2D eigenvalue weighted by molar-refractivity contribution is 14.1. The number of carbonyl (C=O) groups is 1. The number of rotatable bonds is 4. The molecule has 1 amide bonds. The molecular weight excluding hydrogens is 504 g/mol. The molecule has 0 bridgehead atoms. The molecule has 1 heterocycles. The van der Waals surface area contributed by atoms with Crippen LogP contribution < -0.4 is 5.32 Å². The van der Waals surface area contributed by atoms with Crippen LogP contribution in [0.25, 0.3) is 11.3 Å². The van der Waals surface area contributed by atoms with Crippen LogP contribution in [-0.4, -0.2) is 5.91 Å². The van der Waals surface area contributed by atoms with Gasteiger partial charge in [0.05, 0.1) is 17.1 Å². The zero-order chi connectivity index (χ0) is 17.1. The molecule has 3 rings (SSSR count). The summed E-state index contributed by atoms with van der Waals surface area (Å²) in [5.74, 6) is 1.22. The highest BCUT2D eigenvalue weighted by Crippen LogP contribution is 2.24. The third kappa shape index (κ3) is 4.20. The van der Waals surface area contributed by atoms with E-state index in [1.165, 1.54) is 0 Å². The van der Waals surface area contributed by atoms with Crippen LogP contribution in [0.2, 0.25) is 5.02 Å². The van der Waals surface area contributed by atoms with E-state index in [-0.39, 0.29) is 5.91 Å². The van der Waals surface area contributed by atoms with E-state index in [1.807, 2.05) is 42.5 Å². The molecule has 122 valence electrons. The van der Waals surface area contributed by atoms with Crippen molar-refractivity contribution in [3.05, 3.63) is 79.0 Å². The number of hydrogen-bond acceptors (Lipinski definition) is 2. The number of furan rings is 1. The van der Waals surface area contributed by atoms with Crippen LogP contribution in [-0.2, 0) is 6.54 Å². The summed E-state index contributed by atoms with van der Waals surface area (Å²) in [5, 5.41) is 3.26. The zero-order valence-corrected chi connectivity index (χ0v) is 16.9. The van der Waals surface area contributed by atoms with Crippen molar-refractivity contribution in [1.29, 1.82) is 0 Å². The molecule has 0 aliphatic carbocycles. The van der Waals surface area contributed by atoms with Crippen molar-refractivity contribution in [2.45, 2.75) is 6.54 Å². The van der Waals surface area contributed by atoms with Crippen molar-refractivity contribution >= 4 is 56.0 Å². The van der Waals surface area contributed by atoms with Crippen molar-refractivity contribution in [3.8, 4) is 11.3 Å². The van der Waals surface area contributed by atoms with Crippen LogP contribution >= 0.6 is 50.1 Å². The third-order valence-electron chi connectivity index (χ3n) is 3.39. The topological polar surface area (TPSA) is 42.2 Å². The largest absolute Gasteiger partial charge is 0.459 e. The monoisotopic (exact) mass is 515 g/mol. The minimum atomic E-state index is -0.222. The Bertz CT molecular complexity index is 877. The maximum absolute atomic E-state index is 12.3. The lowest BCUT2D eigenvalue weighted by atomic mass is 10.2. The SMILES string of the molecule is O=C(NCc1ccc(-c2ccc(Br)cc2)o1)c1cc(I)ccc1Cl. The highest BCUT2D eigenvalue weighted by atomic mass is 127. The number of carbonyl (C=O) groups excluding carboxylic acids is 1. The Morgan fingerprint density at radius 1 is 1.12 bits per heavy atom. The third-order valence-corrected chi connectivity index (χ3v) is 4.92. The van der Waals surface area contributed by atoms with Gasteiger partial charge in [-0.2, -0.15) is 0 Å². The second-order valence-corrected chi connectivity index (χ2v) is 7.65. The van der Waals surface area contributed by atoms with E-state index in [0.29, 0.717) is 22.9 Å². The zero-order valence-electron chi connectivity index (χ0n) is 12.4. The fourth-order valence-corrected chi connectivity index (χ4v) is 3.14. The molecular formula is C18H12BrClINO2. The quantitative estimate of drug-likeness (QED) is 0.439. The van der Waals surface area contributed by atoms with Crippen LogP contribution in [0.15, 0.2) is 63.5 Å². The Hall–Kier alpha value is -1.31. The van der Waals surface area contributed by atoms with Gasteiger partial charge in [0, 0.05) is 13.6 Å². The van der Waals surface area contributed by atoms with Gasteiger partial charge in [0.1, 0.15) is 11.5 Å². The van der Waals surface area contributed by atoms with Crippen molar-refractivity contribution in [3.63, 3.8) is 0 Å². The number of halogens is 3. The first-order chi connectivity index (χ1) is 11.5. The van der Waals surface area contributed by atoms with Crippen LogP contribution in [0.5, 0.6) is 0 Å². The van der Waals surface area contributed by atoms with E-state index < -0.39 is 0 Å². The van der Waals surface area contributed by atoms with Crippen LogP contribution in [0.4, 0.5) is 0 Å². The number of amides is 1. The van der Waals surface area contributed by atoms with Gasteiger partial charge in [0.2, 0.25) is 0 Å². The Labute approximate surface area is 166 Å². The molecule has 0 saturated carbocycles. The Morgan fingerprint density at radius 3 is 2.62 bits per heavy atom. The van der Waals surface area contributed by atoms with E-state index in [9.17, 15) is 4.79 Å². The summed E-state index contributed by atoms with van der Waals surface area (Å²) >= 11 is 11.6. The molecule has 0 unspecified atom stereocenters. The van der Waals surface area contributed by atoms with Gasteiger partial charge in [0.25, 0.3) is 5.91 Å². The first-order valence-electron chi connectivity index (χ1n) is 7.11. The van der Waals surface area contributed by atoms with Gasteiger partial charge >= 0.3 is 0 Å². The summed E-state index contributed by atoms with van der Waals surface area (Å²) in [6.07, 6.45) is 0. The molecule has 0 aliphatic rings. The summed E-state index contributed by atoms with van der Waals surface area (Å²) in [6, 6.07) is 16.9. The lowest BCUT2D eigenvalue weighted by Crippen LogP contribution is -2.23. The van der Waals surface area contributed by atoms with Gasteiger partial charge < -0.3 is 9.73 Å². The van der Waals surface area contributed by atoms with Crippen molar-refractivity contribution < 1.29 is 9.21 Å². The smallest absolute Gasteiger partial charge is 0.253 e. The second-order valence-electron chi connectivity index (χ2n) is 5.08. The van der Waals surface area contributed by atoms with Crippen molar-refractivity contribution in [2.75, 3.05) is 0 Å². The fourth-order valence-electron chi connectivity index (χ4n) is 2.18. The molecule has 0 atom stereocenters. The Morgan fingerprint density at radius 2 is 1.88 bits per heavy atom. The van der Waals surface area contributed by atoms with Crippen LogP contribution in [0.3, 0.4) is 0 Å². The molecule has 0 radical (unpaired) electrons. The van der Waals surface area contributed by atoms with Crippen molar-refractivity contribution in [2.24, 2.45) is 0 Å². The summed E-state index contributed by atoms with van der Waals surface area (Å²) < 4.78 is 7.76. The average Bonchev–Trinajstić information content (AvgIpc) is 3.04.